The summed E-state index contributed by atoms with van der Waals surface area (Å²) in [5.41, 5.74) is 13.3. The second-order valence-electron chi connectivity index (χ2n) is 8.24. The largest absolute Gasteiger partial charge is 0.477 e. The van der Waals surface area contributed by atoms with E-state index in [-0.39, 0.29) is 12.3 Å². The van der Waals surface area contributed by atoms with Crippen LogP contribution in [0.2, 0.25) is 0 Å². The summed E-state index contributed by atoms with van der Waals surface area (Å²) in [6.45, 7) is 2.82. The molecule has 0 saturated carbocycles. The SMILES string of the molecule is CCN(C)[n+]1ccc(N)cc1SCC1=C(C(=O)O)N2C(=O)C(NC(=O)/C=N\OCc3csc(N)n3)C2SC1. The molecule has 38 heavy (non-hydrogen) atoms. The number of pyridine rings is 1. The molecule has 0 bridgehead atoms. The zero-order valence-corrected chi connectivity index (χ0v) is 23.0. The van der Waals surface area contributed by atoms with Crippen molar-refractivity contribution in [3.63, 3.8) is 0 Å². The molecule has 1 fully saturated rings. The van der Waals surface area contributed by atoms with Crippen LogP contribution in [-0.2, 0) is 25.8 Å². The third-order valence-corrected chi connectivity index (χ3v) is 8.87. The topological polar surface area (TPSA) is 180 Å². The van der Waals surface area contributed by atoms with Gasteiger partial charge in [-0.25, -0.2) is 9.78 Å². The maximum atomic E-state index is 12.9. The summed E-state index contributed by atoms with van der Waals surface area (Å²) >= 11 is 4.10. The molecule has 2 aliphatic rings. The number of carbonyl (C=O) groups excluding carboxylic acids is 2. The molecule has 2 aliphatic heterocycles. The first-order chi connectivity index (χ1) is 18.2. The van der Waals surface area contributed by atoms with E-state index in [4.69, 9.17) is 16.3 Å². The van der Waals surface area contributed by atoms with E-state index in [0.29, 0.717) is 33.6 Å². The van der Waals surface area contributed by atoms with Crippen molar-refractivity contribution in [1.29, 1.82) is 0 Å². The molecule has 2 amide bonds. The van der Waals surface area contributed by atoms with Crippen LogP contribution in [-0.4, -0.2) is 75.5 Å². The van der Waals surface area contributed by atoms with Crippen molar-refractivity contribution < 1.29 is 29.0 Å². The average Bonchev–Trinajstić information content (AvgIpc) is 3.32. The second-order valence-corrected chi connectivity index (χ2v) is 11.2. The molecule has 0 aliphatic carbocycles. The van der Waals surface area contributed by atoms with E-state index >= 15 is 0 Å². The van der Waals surface area contributed by atoms with Gasteiger partial charge < -0.3 is 26.7 Å². The van der Waals surface area contributed by atoms with Crippen LogP contribution < -0.4 is 26.5 Å². The van der Waals surface area contributed by atoms with Crippen LogP contribution in [0.25, 0.3) is 0 Å². The van der Waals surface area contributed by atoms with Crippen molar-refractivity contribution in [2.45, 2.75) is 30.0 Å². The van der Waals surface area contributed by atoms with Crippen molar-refractivity contribution in [3.05, 3.63) is 40.7 Å². The Morgan fingerprint density at radius 3 is 2.95 bits per heavy atom. The Morgan fingerprint density at radius 1 is 1.47 bits per heavy atom. The van der Waals surface area contributed by atoms with Gasteiger partial charge >= 0.3 is 5.97 Å². The summed E-state index contributed by atoms with van der Waals surface area (Å²) in [5, 5.41) is 20.5. The van der Waals surface area contributed by atoms with Gasteiger partial charge in [0.1, 0.15) is 23.3 Å². The fraction of sp³-hybridized carbons (Fsp3) is 0.364. The highest BCUT2D eigenvalue weighted by Gasteiger charge is 2.54. The van der Waals surface area contributed by atoms with Gasteiger partial charge in [-0.3, -0.25) is 14.5 Å². The summed E-state index contributed by atoms with van der Waals surface area (Å²) < 4.78 is 1.94. The smallest absolute Gasteiger partial charge is 0.352 e. The Hall–Kier alpha value is -3.50. The molecule has 2 aromatic heterocycles. The van der Waals surface area contributed by atoms with Gasteiger partial charge in [0.05, 0.1) is 19.3 Å². The standard InChI is InChI=1S/C22H26N8O5S3/c1-3-28(2)29-5-4-13(23)6-16(29)36-9-12-10-37-20-17(19(32)30(20)18(12)21(33)34)27-15(31)7-25-35-8-14-11-38-22(24)26-14/h4-7,11,17,20,23H,3,8-10H2,1-2H3,(H4,24,26,27,31,33,34)/p+1/b25-7-. The number of fused-ring (bicyclic) bond motifs is 1. The number of hydrogen-bond acceptors (Lipinski definition) is 12. The number of thiazole rings is 1. The molecular formula is C22H27N8O5S3+. The van der Waals surface area contributed by atoms with Gasteiger partial charge in [0.15, 0.2) is 11.7 Å². The summed E-state index contributed by atoms with van der Waals surface area (Å²) in [6.07, 6.45) is 2.78. The molecule has 2 aromatic rings. The second kappa shape index (κ2) is 11.9. The maximum absolute atomic E-state index is 12.9. The van der Waals surface area contributed by atoms with E-state index in [1.807, 2.05) is 35.9 Å². The number of carboxylic acids is 1. The van der Waals surface area contributed by atoms with E-state index in [9.17, 15) is 19.5 Å². The van der Waals surface area contributed by atoms with E-state index in [0.717, 1.165) is 17.8 Å². The Bertz CT molecular complexity index is 1300. The Labute approximate surface area is 230 Å². The number of thioether (sulfide) groups is 2. The van der Waals surface area contributed by atoms with E-state index in [1.54, 1.807) is 11.4 Å². The summed E-state index contributed by atoms with van der Waals surface area (Å²) in [7, 11) is 1.93. The lowest BCUT2D eigenvalue weighted by molar-refractivity contribution is -0.725. The lowest BCUT2D eigenvalue weighted by Crippen LogP contribution is -2.70. The molecule has 0 spiro atoms. The third-order valence-electron chi connectivity index (χ3n) is 5.72. The van der Waals surface area contributed by atoms with Crippen LogP contribution in [0.4, 0.5) is 10.8 Å². The van der Waals surface area contributed by atoms with Crippen LogP contribution >= 0.6 is 34.9 Å². The fourth-order valence-electron chi connectivity index (χ4n) is 3.75. The van der Waals surface area contributed by atoms with Gasteiger partial charge in [-0.15, -0.1) is 23.1 Å². The van der Waals surface area contributed by atoms with Crippen LogP contribution in [0.3, 0.4) is 0 Å². The molecule has 16 heteroatoms. The predicted octanol–water partition coefficient (Wildman–Crippen LogP) is 0.216. The van der Waals surface area contributed by atoms with Crippen molar-refractivity contribution in [2.75, 3.05) is 41.6 Å². The number of carboxylic acid groups (broad SMARTS) is 1. The first-order valence-corrected chi connectivity index (χ1v) is 14.3. The Kier molecular flexibility index (Phi) is 8.63. The van der Waals surface area contributed by atoms with Crippen LogP contribution in [0.5, 0.6) is 0 Å². The fourth-order valence-corrected chi connectivity index (χ4v) is 6.89. The van der Waals surface area contributed by atoms with Gasteiger partial charge in [0.25, 0.3) is 16.8 Å². The van der Waals surface area contributed by atoms with Crippen molar-refractivity contribution >= 4 is 69.7 Å². The molecular weight excluding hydrogens is 552 g/mol. The van der Waals surface area contributed by atoms with Crippen molar-refractivity contribution in [2.24, 2.45) is 5.16 Å². The number of amides is 2. The lowest BCUT2D eigenvalue weighted by Gasteiger charge is -2.49. The Balaban J connectivity index is 1.39. The predicted molar refractivity (Wildman–Crippen MR) is 146 cm³/mol. The summed E-state index contributed by atoms with van der Waals surface area (Å²) in [6, 6.07) is 2.75. The number of rotatable bonds is 11. The van der Waals surface area contributed by atoms with Gasteiger partial charge in [-0.1, -0.05) is 9.83 Å². The number of anilines is 2. The number of nitrogens with zero attached hydrogens (tertiary/aromatic N) is 5. The first-order valence-electron chi connectivity index (χ1n) is 11.4. The zero-order valence-electron chi connectivity index (χ0n) is 20.6. The molecule has 4 rings (SSSR count). The molecule has 202 valence electrons. The number of carbonyl (C=O) groups is 3. The lowest BCUT2D eigenvalue weighted by atomic mass is 10.0. The van der Waals surface area contributed by atoms with Crippen molar-refractivity contribution in [3.8, 4) is 0 Å². The normalized spacial score (nSPS) is 18.8. The third kappa shape index (κ3) is 5.97. The number of aromatic nitrogens is 2. The average molecular weight is 580 g/mol. The molecule has 0 aromatic carbocycles. The minimum absolute atomic E-state index is 0.0456. The number of nitrogen functional groups attached to an aromatic ring is 2. The minimum Gasteiger partial charge on any atom is -0.477 e. The summed E-state index contributed by atoms with van der Waals surface area (Å²) in [4.78, 5) is 47.6. The van der Waals surface area contributed by atoms with Crippen molar-refractivity contribution in [1.82, 2.24) is 15.2 Å². The first kappa shape index (κ1) is 27.5. The van der Waals surface area contributed by atoms with Gasteiger partial charge in [0, 0.05) is 34.7 Å². The Morgan fingerprint density at radius 2 is 2.26 bits per heavy atom. The number of hydrogen-bond donors (Lipinski definition) is 4. The number of oxime groups is 1. The molecule has 6 N–H and O–H groups in total. The van der Waals surface area contributed by atoms with Gasteiger partial charge in [-0.2, -0.15) is 5.01 Å². The van der Waals surface area contributed by atoms with Crippen LogP contribution in [0, 0.1) is 0 Å². The number of nitrogens with two attached hydrogens (primary N) is 2. The van der Waals surface area contributed by atoms with Crippen LogP contribution in [0.15, 0.2) is 45.2 Å². The molecule has 4 heterocycles. The van der Waals surface area contributed by atoms with E-state index in [2.05, 4.69) is 15.5 Å². The minimum atomic E-state index is -1.19. The van der Waals surface area contributed by atoms with E-state index in [1.165, 1.54) is 39.8 Å². The number of aliphatic carboxylic acids is 1. The monoisotopic (exact) mass is 579 g/mol. The van der Waals surface area contributed by atoms with Gasteiger partial charge in [-0.05, 0) is 24.3 Å². The zero-order chi connectivity index (χ0) is 27.4. The maximum Gasteiger partial charge on any atom is 0.352 e. The quantitative estimate of drug-likeness (QED) is 0.0940. The molecule has 2 atom stereocenters. The molecule has 13 nitrogen and oxygen atoms in total. The molecule has 0 radical (unpaired) electrons. The highest BCUT2D eigenvalue weighted by molar-refractivity contribution is 8.01. The molecule has 2 unspecified atom stereocenters. The molecule has 1 saturated heterocycles. The van der Waals surface area contributed by atoms with Gasteiger partial charge in [0.2, 0.25) is 6.20 Å². The van der Waals surface area contributed by atoms with Crippen LogP contribution in [0.1, 0.15) is 12.6 Å². The number of nitrogens with one attached hydrogen (secondary N) is 1. The summed E-state index contributed by atoms with van der Waals surface area (Å²) in [5.74, 6) is -1.55. The highest BCUT2D eigenvalue weighted by atomic mass is 32.2. The highest BCUT2D eigenvalue weighted by Crippen LogP contribution is 2.41. The van der Waals surface area contributed by atoms with E-state index < -0.39 is 29.2 Å². The number of β-lactam (4-membered cyclic amide) rings is 1.